The molecule has 2 aliphatic heterocycles. The minimum atomic E-state index is -0.0102. The zero-order chi connectivity index (χ0) is 19.3. The highest BCUT2D eigenvalue weighted by atomic mass is 16.2. The molecule has 1 aromatic heterocycles. The van der Waals surface area contributed by atoms with E-state index in [9.17, 15) is 9.59 Å². The third-order valence-corrected chi connectivity index (χ3v) is 6.63. The van der Waals surface area contributed by atoms with Crippen molar-refractivity contribution in [3.63, 3.8) is 0 Å². The van der Waals surface area contributed by atoms with Gasteiger partial charge in [0.1, 0.15) is 5.82 Å². The van der Waals surface area contributed by atoms with Gasteiger partial charge in [-0.1, -0.05) is 6.07 Å². The first-order valence-electron chi connectivity index (χ1n) is 10.6. The highest BCUT2D eigenvalue weighted by molar-refractivity contribution is 5.84. The van der Waals surface area contributed by atoms with Crippen molar-refractivity contribution in [2.24, 2.45) is 5.92 Å². The average molecular weight is 380 g/mol. The number of aryl methyl sites for hydroxylation is 1. The Kier molecular flexibility index (Phi) is 4.37. The number of hydrogen-bond donors (Lipinski definition) is 1. The second kappa shape index (κ2) is 6.90. The molecular weight excluding hydrogens is 352 g/mol. The zero-order valence-corrected chi connectivity index (χ0v) is 16.5. The van der Waals surface area contributed by atoms with E-state index < -0.39 is 0 Å². The van der Waals surface area contributed by atoms with Gasteiger partial charge in [0.15, 0.2) is 0 Å². The first kappa shape index (κ1) is 17.7. The van der Waals surface area contributed by atoms with Gasteiger partial charge in [0, 0.05) is 38.0 Å². The maximum absolute atomic E-state index is 13.0. The van der Waals surface area contributed by atoms with E-state index in [-0.39, 0.29) is 17.7 Å². The van der Waals surface area contributed by atoms with Crippen LogP contribution in [0.4, 0.5) is 0 Å². The Balaban J connectivity index is 1.21. The van der Waals surface area contributed by atoms with Gasteiger partial charge in [0.2, 0.25) is 11.8 Å². The molecule has 5 rings (SSSR count). The molecule has 1 aromatic carbocycles. The number of likely N-dealkylation sites (tertiary alicyclic amines) is 2. The number of aromatic amines is 1. The lowest BCUT2D eigenvalue weighted by molar-refractivity contribution is -0.144. The Morgan fingerprint density at radius 2 is 1.93 bits per heavy atom. The highest BCUT2D eigenvalue weighted by Crippen LogP contribution is 2.33. The monoisotopic (exact) mass is 380 g/mol. The molecule has 0 spiro atoms. The lowest BCUT2D eigenvalue weighted by Crippen LogP contribution is -2.49. The van der Waals surface area contributed by atoms with Crippen molar-refractivity contribution in [1.29, 1.82) is 0 Å². The van der Waals surface area contributed by atoms with E-state index in [1.54, 1.807) is 0 Å². The molecule has 148 valence electrons. The fraction of sp³-hybridized carbons (Fsp3) is 0.591. The van der Waals surface area contributed by atoms with Crippen LogP contribution in [0.3, 0.4) is 0 Å². The molecule has 1 atom stereocenters. The fourth-order valence-electron chi connectivity index (χ4n) is 4.78. The topological polar surface area (TPSA) is 69.3 Å². The van der Waals surface area contributed by atoms with Crippen molar-refractivity contribution in [1.82, 2.24) is 19.8 Å². The van der Waals surface area contributed by atoms with E-state index in [1.165, 1.54) is 5.56 Å². The smallest absolute Gasteiger partial charge is 0.227 e. The maximum Gasteiger partial charge on any atom is 0.227 e. The number of piperidine rings is 2. The largest absolute Gasteiger partial charge is 0.342 e. The molecule has 0 unspecified atom stereocenters. The molecule has 6 nitrogen and oxygen atoms in total. The summed E-state index contributed by atoms with van der Waals surface area (Å²) in [4.78, 5) is 37.4. The summed E-state index contributed by atoms with van der Waals surface area (Å²) < 4.78 is 0. The van der Waals surface area contributed by atoms with Crippen LogP contribution in [0.5, 0.6) is 0 Å². The predicted molar refractivity (Wildman–Crippen MR) is 107 cm³/mol. The minimum absolute atomic E-state index is 0.0102. The van der Waals surface area contributed by atoms with Crippen molar-refractivity contribution in [3.05, 3.63) is 29.6 Å². The number of H-pyrrole nitrogens is 1. The Hall–Kier alpha value is -2.37. The van der Waals surface area contributed by atoms with Crippen molar-refractivity contribution < 1.29 is 9.59 Å². The van der Waals surface area contributed by atoms with Gasteiger partial charge in [-0.2, -0.15) is 0 Å². The molecule has 3 heterocycles. The lowest BCUT2D eigenvalue weighted by Gasteiger charge is -2.37. The number of carbonyl (C=O) groups is 2. The Morgan fingerprint density at radius 1 is 1.14 bits per heavy atom. The molecule has 6 heteroatoms. The quantitative estimate of drug-likeness (QED) is 0.890. The third-order valence-electron chi connectivity index (χ3n) is 6.63. The number of nitrogens with one attached hydrogen (secondary N) is 1. The van der Waals surface area contributed by atoms with E-state index in [2.05, 4.69) is 30.1 Å². The molecule has 3 aliphatic rings. The molecule has 0 bridgehead atoms. The molecule has 2 aromatic rings. The van der Waals surface area contributed by atoms with Crippen LogP contribution in [0.15, 0.2) is 18.2 Å². The van der Waals surface area contributed by atoms with Gasteiger partial charge in [-0.25, -0.2) is 4.98 Å². The first-order valence-corrected chi connectivity index (χ1v) is 10.6. The van der Waals surface area contributed by atoms with E-state index in [1.807, 2.05) is 9.80 Å². The summed E-state index contributed by atoms with van der Waals surface area (Å²) in [7, 11) is 0. The van der Waals surface area contributed by atoms with Gasteiger partial charge in [-0.05, 0) is 56.7 Å². The summed E-state index contributed by atoms with van der Waals surface area (Å²) in [5.41, 5.74) is 3.35. The number of amides is 2. The molecule has 1 N–H and O–H groups in total. The lowest BCUT2D eigenvalue weighted by atomic mass is 9.92. The normalized spacial score (nSPS) is 24.2. The fourth-order valence-corrected chi connectivity index (χ4v) is 4.78. The summed E-state index contributed by atoms with van der Waals surface area (Å²) in [5.74, 6) is 1.91. The molecule has 1 aliphatic carbocycles. The number of aromatic nitrogens is 2. The SMILES string of the molecule is Cc1ccc2nc(C3CCN(C(=O)[C@H]4CCC(=O)N(C5CC5)C4)CC3)[nH]c2c1. The van der Waals surface area contributed by atoms with Crippen LogP contribution < -0.4 is 0 Å². The van der Waals surface area contributed by atoms with E-state index in [0.717, 1.165) is 55.6 Å². The molecule has 1 saturated carbocycles. The number of hydrogen-bond acceptors (Lipinski definition) is 3. The zero-order valence-electron chi connectivity index (χ0n) is 16.5. The molecular formula is C22H28N4O2. The summed E-state index contributed by atoms with van der Waals surface area (Å²) >= 11 is 0. The molecule has 2 amide bonds. The van der Waals surface area contributed by atoms with Crippen LogP contribution in [0.25, 0.3) is 11.0 Å². The summed E-state index contributed by atoms with van der Waals surface area (Å²) in [5, 5.41) is 0. The van der Waals surface area contributed by atoms with Crippen LogP contribution in [0.2, 0.25) is 0 Å². The minimum Gasteiger partial charge on any atom is -0.342 e. The van der Waals surface area contributed by atoms with E-state index >= 15 is 0 Å². The summed E-state index contributed by atoms with van der Waals surface area (Å²) in [6.07, 6.45) is 5.35. The van der Waals surface area contributed by atoms with Crippen molar-refractivity contribution in [2.75, 3.05) is 19.6 Å². The van der Waals surface area contributed by atoms with Gasteiger partial charge in [-0.3, -0.25) is 9.59 Å². The Morgan fingerprint density at radius 3 is 2.68 bits per heavy atom. The first-order chi connectivity index (χ1) is 13.6. The second-order valence-corrected chi connectivity index (χ2v) is 8.76. The Labute approximate surface area is 165 Å². The van der Waals surface area contributed by atoms with Crippen LogP contribution in [-0.2, 0) is 9.59 Å². The van der Waals surface area contributed by atoms with Crippen LogP contribution in [0.1, 0.15) is 55.8 Å². The van der Waals surface area contributed by atoms with Crippen LogP contribution in [0, 0.1) is 12.8 Å². The number of benzene rings is 1. The number of fused-ring (bicyclic) bond motifs is 1. The standard InChI is InChI=1S/C22H28N4O2/c1-14-2-6-18-19(12-14)24-21(23-18)15-8-10-25(11-9-15)22(28)16-3-7-20(27)26(13-16)17-4-5-17/h2,6,12,15-17H,3-5,7-11,13H2,1H3,(H,23,24)/t16-/m0/s1. The second-order valence-electron chi connectivity index (χ2n) is 8.76. The van der Waals surface area contributed by atoms with Gasteiger partial charge in [0.25, 0.3) is 0 Å². The van der Waals surface area contributed by atoms with Crippen molar-refractivity contribution in [3.8, 4) is 0 Å². The van der Waals surface area contributed by atoms with E-state index in [0.29, 0.717) is 31.3 Å². The molecule has 0 radical (unpaired) electrons. The van der Waals surface area contributed by atoms with Gasteiger partial charge < -0.3 is 14.8 Å². The van der Waals surface area contributed by atoms with Gasteiger partial charge >= 0.3 is 0 Å². The van der Waals surface area contributed by atoms with Gasteiger partial charge in [0.05, 0.1) is 17.0 Å². The Bertz CT molecular complexity index is 908. The number of nitrogens with zero attached hydrogens (tertiary/aromatic N) is 3. The number of imidazole rings is 1. The molecule has 3 fully saturated rings. The summed E-state index contributed by atoms with van der Waals surface area (Å²) in [6.45, 7) is 4.29. The van der Waals surface area contributed by atoms with Crippen LogP contribution >= 0.6 is 0 Å². The predicted octanol–water partition coefficient (Wildman–Crippen LogP) is 2.98. The number of carbonyl (C=O) groups excluding carboxylic acids is 2. The molecule has 28 heavy (non-hydrogen) atoms. The maximum atomic E-state index is 13.0. The average Bonchev–Trinajstić information content (AvgIpc) is 3.47. The van der Waals surface area contributed by atoms with Gasteiger partial charge in [-0.15, -0.1) is 0 Å². The highest BCUT2D eigenvalue weighted by Gasteiger charge is 2.40. The summed E-state index contributed by atoms with van der Waals surface area (Å²) in [6, 6.07) is 6.71. The van der Waals surface area contributed by atoms with Crippen LogP contribution in [-0.4, -0.2) is 57.3 Å². The number of rotatable bonds is 3. The van der Waals surface area contributed by atoms with E-state index in [4.69, 9.17) is 4.98 Å². The van der Waals surface area contributed by atoms with Crippen molar-refractivity contribution >= 4 is 22.8 Å². The molecule has 2 saturated heterocycles. The van der Waals surface area contributed by atoms with Crippen molar-refractivity contribution in [2.45, 2.75) is 57.4 Å². The third kappa shape index (κ3) is 3.29.